The lowest BCUT2D eigenvalue weighted by atomic mass is 10.1. The number of amides is 1. The Kier molecular flexibility index (Phi) is 3.75. The summed E-state index contributed by atoms with van der Waals surface area (Å²) in [6, 6.07) is 9.56. The van der Waals surface area contributed by atoms with Crippen LogP contribution in [0.4, 0.5) is 11.6 Å². The second-order valence-corrected chi connectivity index (χ2v) is 5.33. The Hall–Kier alpha value is -3.07. The Morgan fingerprint density at radius 1 is 1.25 bits per heavy atom. The zero-order valence-electron chi connectivity index (χ0n) is 12.8. The molecule has 0 aliphatic carbocycles. The number of nitrogens with one attached hydrogen (secondary N) is 2. The number of carbonyl (C=O) groups is 1. The summed E-state index contributed by atoms with van der Waals surface area (Å²) in [7, 11) is 0. The van der Waals surface area contributed by atoms with Gasteiger partial charge in [-0.3, -0.25) is 10.1 Å². The van der Waals surface area contributed by atoms with Crippen LogP contribution in [0.2, 0.25) is 0 Å². The number of aromatic amines is 1. The monoisotopic (exact) mass is 325 g/mol. The Balaban J connectivity index is 1.74. The van der Waals surface area contributed by atoms with Crippen LogP contribution in [0.5, 0.6) is 0 Å². The fourth-order valence-electron chi connectivity index (χ4n) is 2.72. The number of rotatable bonds is 3. The molecule has 9 heteroatoms. The van der Waals surface area contributed by atoms with Crippen molar-refractivity contribution in [2.45, 2.75) is 0 Å². The highest BCUT2D eigenvalue weighted by molar-refractivity contribution is 6.05. The van der Waals surface area contributed by atoms with Crippen LogP contribution in [0, 0.1) is 0 Å². The number of fused-ring (bicyclic) bond motifs is 1. The molecule has 3 aromatic rings. The van der Waals surface area contributed by atoms with Gasteiger partial charge < -0.3 is 9.64 Å². The first kappa shape index (κ1) is 14.5. The number of aromatic nitrogens is 5. The number of morpholine rings is 1. The summed E-state index contributed by atoms with van der Waals surface area (Å²) in [6.07, 6.45) is 0. The highest BCUT2D eigenvalue weighted by atomic mass is 16.5. The van der Waals surface area contributed by atoms with Crippen LogP contribution in [0.15, 0.2) is 30.3 Å². The van der Waals surface area contributed by atoms with Gasteiger partial charge in [-0.2, -0.15) is 5.21 Å². The Morgan fingerprint density at radius 2 is 2.08 bits per heavy atom. The van der Waals surface area contributed by atoms with Crippen molar-refractivity contribution in [3.8, 4) is 0 Å². The summed E-state index contributed by atoms with van der Waals surface area (Å²) in [5.74, 6) is -0.264. The first-order valence-electron chi connectivity index (χ1n) is 7.58. The molecule has 24 heavy (non-hydrogen) atoms. The van der Waals surface area contributed by atoms with Gasteiger partial charge in [-0.25, -0.2) is 4.98 Å². The maximum atomic E-state index is 12.5. The second-order valence-electron chi connectivity index (χ2n) is 5.33. The molecule has 0 saturated carbocycles. The molecule has 0 unspecified atom stereocenters. The van der Waals surface area contributed by atoms with Crippen LogP contribution in [0.25, 0.3) is 10.9 Å². The number of para-hydroxylation sites is 1. The number of carbonyl (C=O) groups excluding carboxylic acids is 1. The molecule has 0 radical (unpaired) electrons. The van der Waals surface area contributed by atoms with Crippen LogP contribution in [0.1, 0.15) is 10.5 Å². The largest absolute Gasteiger partial charge is 0.378 e. The van der Waals surface area contributed by atoms with Crippen LogP contribution in [0.3, 0.4) is 0 Å². The zero-order valence-corrected chi connectivity index (χ0v) is 12.8. The Bertz CT molecular complexity index is 859. The van der Waals surface area contributed by atoms with E-state index in [1.165, 1.54) is 0 Å². The van der Waals surface area contributed by atoms with E-state index in [4.69, 9.17) is 4.74 Å². The lowest BCUT2D eigenvalue weighted by Crippen LogP contribution is -2.36. The molecule has 1 aromatic carbocycles. The number of nitrogens with zero attached hydrogens (tertiary/aromatic N) is 5. The average Bonchev–Trinajstić information content (AvgIpc) is 3.14. The number of H-pyrrole nitrogens is 1. The summed E-state index contributed by atoms with van der Waals surface area (Å²) >= 11 is 0. The summed E-state index contributed by atoms with van der Waals surface area (Å²) in [4.78, 5) is 19.1. The van der Waals surface area contributed by atoms with E-state index in [0.29, 0.717) is 18.9 Å². The zero-order chi connectivity index (χ0) is 16.4. The molecule has 0 bridgehead atoms. The van der Waals surface area contributed by atoms with E-state index in [9.17, 15) is 4.79 Å². The summed E-state index contributed by atoms with van der Waals surface area (Å²) < 4.78 is 5.42. The summed E-state index contributed by atoms with van der Waals surface area (Å²) in [6.45, 7) is 2.89. The van der Waals surface area contributed by atoms with Crippen LogP contribution in [-0.2, 0) is 4.74 Å². The Morgan fingerprint density at radius 3 is 2.88 bits per heavy atom. The maximum absolute atomic E-state index is 12.5. The van der Waals surface area contributed by atoms with Crippen molar-refractivity contribution in [2.24, 2.45) is 0 Å². The second kappa shape index (κ2) is 6.20. The predicted molar refractivity (Wildman–Crippen MR) is 86.9 cm³/mol. The molecular weight excluding hydrogens is 310 g/mol. The molecule has 0 atom stereocenters. The van der Waals surface area contributed by atoms with Gasteiger partial charge in [0, 0.05) is 24.2 Å². The van der Waals surface area contributed by atoms with Crippen molar-refractivity contribution in [1.29, 1.82) is 0 Å². The molecule has 2 N–H and O–H groups in total. The average molecular weight is 325 g/mol. The molecule has 9 nitrogen and oxygen atoms in total. The van der Waals surface area contributed by atoms with E-state index < -0.39 is 0 Å². The van der Waals surface area contributed by atoms with Crippen molar-refractivity contribution in [3.63, 3.8) is 0 Å². The number of hydrogen-bond donors (Lipinski definition) is 2. The number of anilines is 2. The minimum Gasteiger partial charge on any atom is -0.378 e. The van der Waals surface area contributed by atoms with E-state index in [2.05, 4.69) is 35.8 Å². The number of hydrogen-bond acceptors (Lipinski definition) is 7. The smallest absolute Gasteiger partial charge is 0.276 e. The molecule has 1 aliphatic heterocycles. The van der Waals surface area contributed by atoms with Crippen LogP contribution < -0.4 is 10.2 Å². The van der Waals surface area contributed by atoms with Crippen molar-refractivity contribution in [3.05, 3.63) is 36.0 Å². The van der Waals surface area contributed by atoms with E-state index >= 15 is 0 Å². The molecular formula is C15H15N7O2. The van der Waals surface area contributed by atoms with Gasteiger partial charge in [0.15, 0.2) is 0 Å². The topological polar surface area (TPSA) is 109 Å². The highest BCUT2D eigenvalue weighted by Gasteiger charge is 2.18. The van der Waals surface area contributed by atoms with Crippen molar-refractivity contribution in [1.82, 2.24) is 25.6 Å². The lowest BCUT2D eigenvalue weighted by molar-refractivity contribution is 0.102. The van der Waals surface area contributed by atoms with Gasteiger partial charge in [-0.1, -0.05) is 23.3 Å². The van der Waals surface area contributed by atoms with E-state index in [1.807, 2.05) is 24.3 Å². The molecule has 0 spiro atoms. The predicted octanol–water partition coefficient (Wildman–Crippen LogP) is 0.837. The number of pyridine rings is 1. The van der Waals surface area contributed by atoms with Crippen LogP contribution >= 0.6 is 0 Å². The van der Waals surface area contributed by atoms with Gasteiger partial charge in [0.1, 0.15) is 5.69 Å². The molecule has 1 saturated heterocycles. The van der Waals surface area contributed by atoms with Gasteiger partial charge in [-0.15, -0.1) is 5.10 Å². The SMILES string of the molecule is O=C(Nc1nn[nH]n1)c1cc(N2CCOCC2)c2ccccc2n1. The standard InChI is InChI=1S/C15H15N7O2/c23-14(17-15-18-20-21-19-15)12-9-13(22-5-7-24-8-6-22)10-3-1-2-4-11(10)16-12/h1-4,9H,5-8H2,(H2,17,18,19,20,21,23). The summed E-state index contributed by atoms with van der Waals surface area (Å²) in [5, 5.41) is 16.7. The third-order valence-electron chi connectivity index (χ3n) is 3.85. The molecule has 1 amide bonds. The first-order valence-corrected chi connectivity index (χ1v) is 7.58. The minimum absolute atomic E-state index is 0.114. The number of ether oxygens (including phenoxy) is 1. The van der Waals surface area contributed by atoms with Crippen molar-refractivity contribution < 1.29 is 9.53 Å². The van der Waals surface area contributed by atoms with E-state index in [1.54, 1.807) is 6.07 Å². The van der Waals surface area contributed by atoms with Crippen molar-refractivity contribution >= 4 is 28.4 Å². The van der Waals surface area contributed by atoms with E-state index in [-0.39, 0.29) is 11.9 Å². The molecule has 2 aromatic heterocycles. The highest BCUT2D eigenvalue weighted by Crippen LogP contribution is 2.27. The third kappa shape index (κ3) is 2.76. The molecule has 3 heterocycles. The molecule has 1 aliphatic rings. The fraction of sp³-hybridized carbons (Fsp3) is 0.267. The minimum atomic E-state index is -0.378. The number of tetrazole rings is 1. The molecule has 1 fully saturated rings. The number of benzene rings is 1. The fourth-order valence-corrected chi connectivity index (χ4v) is 2.72. The van der Waals surface area contributed by atoms with Gasteiger partial charge in [0.2, 0.25) is 0 Å². The van der Waals surface area contributed by atoms with Crippen LogP contribution in [-0.4, -0.2) is 57.8 Å². The lowest BCUT2D eigenvalue weighted by Gasteiger charge is -2.30. The maximum Gasteiger partial charge on any atom is 0.276 e. The van der Waals surface area contributed by atoms with Gasteiger partial charge in [0.25, 0.3) is 11.9 Å². The van der Waals surface area contributed by atoms with Gasteiger partial charge in [0.05, 0.1) is 18.7 Å². The normalized spacial score (nSPS) is 14.8. The third-order valence-corrected chi connectivity index (χ3v) is 3.85. The van der Waals surface area contributed by atoms with Crippen molar-refractivity contribution in [2.75, 3.05) is 36.5 Å². The summed E-state index contributed by atoms with van der Waals surface area (Å²) in [5.41, 5.74) is 2.04. The van der Waals surface area contributed by atoms with Gasteiger partial charge >= 0.3 is 0 Å². The van der Waals surface area contributed by atoms with E-state index in [0.717, 1.165) is 29.7 Å². The first-order chi connectivity index (χ1) is 11.8. The van der Waals surface area contributed by atoms with Gasteiger partial charge in [-0.05, 0) is 17.3 Å². The molecule has 122 valence electrons. The Labute approximate surface area is 137 Å². The quantitative estimate of drug-likeness (QED) is 0.734. The molecule has 4 rings (SSSR count).